The van der Waals surface area contributed by atoms with Gasteiger partial charge in [-0.2, -0.15) is 0 Å². The van der Waals surface area contributed by atoms with Gasteiger partial charge in [-0.05, 0) is 74.6 Å². The van der Waals surface area contributed by atoms with Crippen molar-refractivity contribution in [3.63, 3.8) is 0 Å². The van der Waals surface area contributed by atoms with E-state index in [0.717, 1.165) is 43.5 Å². The fraction of sp³-hybridized carbons (Fsp3) is 0.680. The first kappa shape index (κ1) is 20.9. The van der Waals surface area contributed by atoms with Crippen molar-refractivity contribution in [3.8, 4) is 0 Å². The minimum Gasteiger partial charge on any atom is -0.364 e. The zero-order valence-corrected chi connectivity index (χ0v) is 18.6. The number of hydrogen-bond acceptors (Lipinski definition) is 4. The van der Waals surface area contributed by atoms with Gasteiger partial charge in [-0.25, -0.2) is 4.39 Å². The number of likely N-dealkylation sites (tertiary alicyclic amines) is 1. The third kappa shape index (κ3) is 3.47. The highest BCUT2D eigenvalue weighted by atomic mass is 19.1. The van der Waals surface area contributed by atoms with Gasteiger partial charge in [-0.15, -0.1) is 0 Å². The molecule has 1 spiro atoms. The molecule has 0 unspecified atom stereocenters. The number of piperidine rings is 1. The van der Waals surface area contributed by atoms with Crippen molar-refractivity contribution in [1.82, 2.24) is 10.2 Å². The van der Waals surface area contributed by atoms with Crippen molar-refractivity contribution < 1.29 is 14.0 Å². The Hall–Kier alpha value is -1.95. The first-order valence-electron chi connectivity index (χ1n) is 12.0. The maximum Gasteiger partial charge on any atom is 0.232 e. The van der Waals surface area contributed by atoms with E-state index in [2.05, 4.69) is 29.0 Å². The van der Waals surface area contributed by atoms with Crippen LogP contribution in [0, 0.1) is 29.5 Å². The van der Waals surface area contributed by atoms with Crippen LogP contribution >= 0.6 is 0 Å². The minimum absolute atomic E-state index is 0.120. The van der Waals surface area contributed by atoms with Gasteiger partial charge in [0.2, 0.25) is 11.8 Å². The van der Waals surface area contributed by atoms with Crippen LogP contribution in [0.25, 0.3) is 0 Å². The van der Waals surface area contributed by atoms with E-state index in [0.29, 0.717) is 12.6 Å². The summed E-state index contributed by atoms with van der Waals surface area (Å²) in [6, 6.07) is 7.17. The van der Waals surface area contributed by atoms with Crippen LogP contribution in [0.1, 0.15) is 52.4 Å². The number of fused-ring (bicyclic) bond motifs is 2. The highest BCUT2D eigenvalue weighted by Gasteiger charge is 2.62. The Labute approximate surface area is 184 Å². The first-order chi connectivity index (χ1) is 14.9. The van der Waals surface area contributed by atoms with Crippen molar-refractivity contribution in [1.29, 1.82) is 0 Å². The molecule has 4 aliphatic rings. The Kier molecular flexibility index (Phi) is 5.32. The third-order valence-electron chi connectivity index (χ3n) is 8.77. The second-order valence-electron chi connectivity index (χ2n) is 10.5. The lowest BCUT2D eigenvalue weighted by molar-refractivity contribution is -0.127. The largest absolute Gasteiger partial charge is 0.364 e. The van der Waals surface area contributed by atoms with Crippen molar-refractivity contribution in [2.45, 2.75) is 64.0 Å². The van der Waals surface area contributed by atoms with E-state index < -0.39 is 0 Å². The van der Waals surface area contributed by atoms with E-state index in [1.807, 2.05) is 0 Å². The van der Waals surface area contributed by atoms with Crippen molar-refractivity contribution in [2.75, 3.05) is 24.5 Å². The molecule has 0 bridgehead atoms. The number of hydrogen-bond donors (Lipinski definition) is 1. The van der Waals surface area contributed by atoms with Crippen molar-refractivity contribution in [2.24, 2.45) is 23.7 Å². The molecule has 31 heavy (non-hydrogen) atoms. The van der Waals surface area contributed by atoms with Gasteiger partial charge in [0.15, 0.2) is 0 Å². The van der Waals surface area contributed by atoms with Gasteiger partial charge in [0.1, 0.15) is 5.82 Å². The molecule has 3 heterocycles. The number of benzene rings is 1. The molecular formula is C25H34FN3O2. The van der Waals surface area contributed by atoms with E-state index in [1.54, 1.807) is 12.1 Å². The number of imide groups is 1. The molecule has 168 valence electrons. The SMILES string of the molecule is CC(C)C1CCC(N2CCC3(CC2)[C@@H]2C(=O)NC(=O)[C@@H]2CN3c2ccc(F)cc2)CC1. The van der Waals surface area contributed by atoms with E-state index >= 15 is 0 Å². The zero-order valence-electron chi connectivity index (χ0n) is 18.6. The molecule has 1 aromatic rings. The highest BCUT2D eigenvalue weighted by Crippen LogP contribution is 2.50. The Bertz CT molecular complexity index is 839. The lowest BCUT2D eigenvalue weighted by Crippen LogP contribution is -2.59. The van der Waals surface area contributed by atoms with Crippen LogP contribution in [-0.2, 0) is 9.59 Å². The molecular weight excluding hydrogens is 393 g/mol. The molecule has 1 aromatic carbocycles. The molecule has 1 N–H and O–H groups in total. The molecule has 2 amide bonds. The standard InChI is InChI=1S/C25H34FN3O2/c1-16(2)17-3-7-19(8-4-17)28-13-11-25(12-14-28)22-21(23(30)27-24(22)31)15-29(25)20-9-5-18(26)6-10-20/h5-6,9-10,16-17,19,21-22H,3-4,7-8,11-15H2,1-2H3,(H,27,30,31)/t17?,19?,21-,22+/m1/s1. The minimum atomic E-state index is -0.357. The summed E-state index contributed by atoms with van der Waals surface area (Å²) in [5.74, 6) is 0.486. The first-order valence-corrected chi connectivity index (χ1v) is 12.0. The normalized spacial score (nSPS) is 33.2. The quantitative estimate of drug-likeness (QED) is 0.749. The fourth-order valence-corrected chi connectivity index (χ4v) is 6.95. The van der Waals surface area contributed by atoms with E-state index in [4.69, 9.17) is 0 Å². The predicted molar refractivity (Wildman–Crippen MR) is 118 cm³/mol. The van der Waals surface area contributed by atoms with E-state index in [1.165, 1.54) is 37.8 Å². The number of nitrogens with zero attached hydrogens (tertiary/aromatic N) is 2. The molecule has 1 aliphatic carbocycles. The average molecular weight is 428 g/mol. The summed E-state index contributed by atoms with van der Waals surface area (Å²) >= 11 is 0. The summed E-state index contributed by atoms with van der Waals surface area (Å²) in [6.45, 7) is 7.13. The van der Waals surface area contributed by atoms with E-state index in [-0.39, 0.29) is 35.0 Å². The Morgan fingerprint density at radius 1 is 1.00 bits per heavy atom. The number of anilines is 1. The highest BCUT2D eigenvalue weighted by molar-refractivity contribution is 6.07. The number of carbonyl (C=O) groups excluding carboxylic acids is 2. The molecule has 4 fully saturated rings. The number of halogens is 1. The average Bonchev–Trinajstić information content (AvgIpc) is 3.24. The van der Waals surface area contributed by atoms with Gasteiger partial charge < -0.3 is 9.80 Å². The van der Waals surface area contributed by atoms with Gasteiger partial charge in [0.05, 0.1) is 17.4 Å². The number of rotatable bonds is 3. The summed E-state index contributed by atoms with van der Waals surface area (Å²) in [5, 5.41) is 2.58. The van der Waals surface area contributed by atoms with E-state index in [9.17, 15) is 14.0 Å². The van der Waals surface area contributed by atoms with Crippen LogP contribution in [0.4, 0.5) is 10.1 Å². The van der Waals surface area contributed by atoms with Crippen molar-refractivity contribution >= 4 is 17.5 Å². The molecule has 2 atom stereocenters. The molecule has 5 rings (SSSR count). The zero-order chi connectivity index (χ0) is 21.8. The summed E-state index contributed by atoms with van der Waals surface area (Å²) < 4.78 is 13.6. The van der Waals surface area contributed by atoms with Gasteiger partial charge >= 0.3 is 0 Å². The maximum atomic E-state index is 13.6. The lowest BCUT2D eigenvalue weighted by atomic mass is 9.73. The van der Waals surface area contributed by atoms with Gasteiger partial charge in [-0.1, -0.05) is 13.8 Å². The van der Waals surface area contributed by atoms with Crippen LogP contribution in [0.3, 0.4) is 0 Å². The monoisotopic (exact) mass is 427 g/mol. The van der Waals surface area contributed by atoms with Crippen LogP contribution in [0.2, 0.25) is 0 Å². The second kappa shape index (κ2) is 7.88. The summed E-state index contributed by atoms with van der Waals surface area (Å²) in [7, 11) is 0. The predicted octanol–water partition coefficient (Wildman–Crippen LogP) is 3.58. The molecule has 6 heteroatoms. The number of nitrogens with one attached hydrogen (secondary N) is 1. The van der Waals surface area contributed by atoms with Gasteiger partial charge in [0.25, 0.3) is 0 Å². The summed E-state index contributed by atoms with van der Waals surface area (Å²) in [5.41, 5.74) is 0.562. The summed E-state index contributed by atoms with van der Waals surface area (Å²) in [4.78, 5) is 30.2. The Morgan fingerprint density at radius 3 is 2.26 bits per heavy atom. The second-order valence-corrected chi connectivity index (χ2v) is 10.5. The lowest BCUT2D eigenvalue weighted by Gasteiger charge is -2.50. The number of carbonyl (C=O) groups is 2. The molecule has 3 saturated heterocycles. The molecule has 0 radical (unpaired) electrons. The Balaban J connectivity index is 1.36. The van der Waals surface area contributed by atoms with Crippen LogP contribution in [0.5, 0.6) is 0 Å². The molecule has 5 nitrogen and oxygen atoms in total. The van der Waals surface area contributed by atoms with Crippen LogP contribution in [0.15, 0.2) is 24.3 Å². The topological polar surface area (TPSA) is 52.7 Å². The van der Waals surface area contributed by atoms with Gasteiger partial charge in [0, 0.05) is 31.4 Å². The molecule has 3 aliphatic heterocycles. The summed E-state index contributed by atoms with van der Waals surface area (Å²) in [6.07, 6.45) is 6.90. The third-order valence-corrected chi connectivity index (χ3v) is 8.77. The number of amides is 2. The molecule has 1 saturated carbocycles. The van der Waals surface area contributed by atoms with Gasteiger partial charge in [-0.3, -0.25) is 14.9 Å². The van der Waals surface area contributed by atoms with Crippen LogP contribution in [-0.4, -0.2) is 47.9 Å². The van der Waals surface area contributed by atoms with Crippen molar-refractivity contribution in [3.05, 3.63) is 30.1 Å². The Morgan fingerprint density at radius 2 is 1.65 bits per heavy atom. The molecule has 0 aromatic heterocycles. The maximum absolute atomic E-state index is 13.6. The fourth-order valence-electron chi connectivity index (χ4n) is 6.95. The van der Waals surface area contributed by atoms with Crippen LogP contribution < -0.4 is 10.2 Å². The smallest absolute Gasteiger partial charge is 0.232 e.